The van der Waals surface area contributed by atoms with Crippen molar-refractivity contribution in [1.29, 1.82) is 0 Å². The summed E-state index contributed by atoms with van der Waals surface area (Å²) in [5.41, 5.74) is 1.34. The molecule has 1 fully saturated rings. The molecule has 2 aromatic heterocycles. The maximum absolute atomic E-state index is 13.1. The molecule has 1 aromatic carbocycles. The molecule has 7 heteroatoms. The van der Waals surface area contributed by atoms with Crippen molar-refractivity contribution in [3.05, 3.63) is 87.5 Å². The Bertz CT molecular complexity index is 1100. The van der Waals surface area contributed by atoms with Crippen molar-refractivity contribution in [2.45, 2.75) is 38.8 Å². The van der Waals surface area contributed by atoms with Crippen molar-refractivity contribution in [3.63, 3.8) is 0 Å². The Balaban J connectivity index is 1.50. The number of carbonyl (C=O) groups is 1. The molecule has 1 atom stereocenters. The van der Waals surface area contributed by atoms with Crippen molar-refractivity contribution < 1.29 is 9.21 Å². The Morgan fingerprint density at radius 1 is 1.32 bits per heavy atom. The van der Waals surface area contributed by atoms with Crippen LogP contribution >= 0.6 is 0 Å². The van der Waals surface area contributed by atoms with E-state index in [1.54, 1.807) is 20.2 Å². The Morgan fingerprint density at radius 3 is 2.84 bits per heavy atom. The monoisotopic (exact) mass is 420 g/mol. The van der Waals surface area contributed by atoms with Crippen LogP contribution in [0.3, 0.4) is 0 Å². The number of imidazole rings is 1. The fraction of sp³-hybridized carbons (Fsp3) is 0.375. The number of amides is 1. The molecule has 1 N–H and O–H groups in total. The van der Waals surface area contributed by atoms with Gasteiger partial charge in [-0.25, -0.2) is 9.78 Å². The lowest BCUT2D eigenvalue weighted by Crippen LogP contribution is -2.33. The molecule has 1 saturated heterocycles. The average Bonchev–Trinajstić information content (AvgIpc) is 3.20. The molecule has 4 rings (SSSR count). The van der Waals surface area contributed by atoms with Crippen LogP contribution in [0, 0.1) is 6.92 Å². The van der Waals surface area contributed by atoms with Crippen molar-refractivity contribution in [1.82, 2.24) is 19.8 Å². The van der Waals surface area contributed by atoms with Gasteiger partial charge in [0.1, 0.15) is 17.1 Å². The highest BCUT2D eigenvalue weighted by atomic mass is 16.4. The summed E-state index contributed by atoms with van der Waals surface area (Å²) < 4.78 is 7.58. The van der Waals surface area contributed by atoms with Crippen molar-refractivity contribution >= 4 is 5.91 Å². The minimum absolute atomic E-state index is 0.0937. The summed E-state index contributed by atoms with van der Waals surface area (Å²) in [6, 6.07) is 11.9. The second-order valence-corrected chi connectivity index (χ2v) is 8.16. The van der Waals surface area contributed by atoms with Gasteiger partial charge in [-0.1, -0.05) is 30.3 Å². The van der Waals surface area contributed by atoms with Crippen LogP contribution in [0.25, 0.3) is 0 Å². The summed E-state index contributed by atoms with van der Waals surface area (Å²) in [5.74, 6) is 1.24. The summed E-state index contributed by atoms with van der Waals surface area (Å²) in [7, 11) is 1.68. The van der Waals surface area contributed by atoms with Crippen LogP contribution in [0.1, 0.15) is 51.8 Å². The van der Waals surface area contributed by atoms with Crippen LogP contribution in [-0.4, -0.2) is 40.5 Å². The summed E-state index contributed by atoms with van der Waals surface area (Å²) >= 11 is 0. The van der Waals surface area contributed by atoms with Gasteiger partial charge in [0.2, 0.25) is 0 Å². The summed E-state index contributed by atoms with van der Waals surface area (Å²) in [6.45, 7) is 4.55. The first-order chi connectivity index (χ1) is 15.0. The zero-order chi connectivity index (χ0) is 21.8. The molecule has 0 spiro atoms. The average molecular weight is 421 g/mol. The first-order valence-corrected chi connectivity index (χ1v) is 10.7. The van der Waals surface area contributed by atoms with Gasteiger partial charge in [-0.15, -0.1) is 0 Å². The van der Waals surface area contributed by atoms with E-state index in [0.717, 1.165) is 37.3 Å². The molecule has 162 valence electrons. The number of piperidine rings is 1. The van der Waals surface area contributed by atoms with E-state index >= 15 is 0 Å². The molecule has 0 bridgehead atoms. The fourth-order valence-electron chi connectivity index (χ4n) is 4.08. The van der Waals surface area contributed by atoms with Crippen molar-refractivity contribution in [2.24, 2.45) is 0 Å². The van der Waals surface area contributed by atoms with Gasteiger partial charge >= 0.3 is 5.63 Å². The van der Waals surface area contributed by atoms with E-state index in [1.807, 2.05) is 35.0 Å². The van der Waals surface area contributed by atoms with E-state index in [1.165, 1.54) is 4.90 Å². The van der Waals surface area contributed by atoms with Crippen LogP contribution in [0.15, 0.2) is 58.0 Å². The highest BCUT2D eigenvalue weighted by Gasteiger charge is 2.24. The van der Waals surface area contributed by atoms with Crippen LogP contribution in [-0.2, 0) is 13.1 Å². The standard InChI is InChI=1S/C24H28N4O3/c1-17-13-20(19-9-6-10-25-14-19)31-24(30)22(17)23(29)27(2)16-21-26-11-12-28(21)15-18-7-4-3-5-8-18/h3-5,7-8,11-13,19,25H,6,9-10,14-16H2,1-2H3. The Hall–Kier alpha value is -3.19. The van der Waals surface area contributed by atoms with Crippen LogP contribution in [0.4, 0.5) is 0 Å². The van der Waals surface area contributed by atoms with Gasteiger partial charge in [0.05, 0.1) is 6.54 Å². The third-order valence-corrected chi connectivity index (χ3v) is 5.80. The smallest absolute Gasteiger partial charge is 0.349 e. The van der Waals surface area contributed by atoms with Crippen LogP contribution in [0.5, 0.6) is 0 Å². The number of nitrogens with one attached hydrogen (secondary N) is 1. The highest BCUT2D eigenvalue weighted by molar-refractivity contribution is 5.94. The Kier molecular flexibility index (Phi) is 6.32. The molecule has 31 heavy (non-hydrogen) atoms. The predicted octanol–water partition coefficient (Wildman–Crippen LogP) is 2.93. The Labute approximate surface area is 181 Å². The highest BCUT2D eigenvalue weighted by Crippen LogP contribution is 2.24. The molecule has 7 nitrogen and oxygen atoms in total. The first kappa shape index (κ1) is 21.1. The lowest BCUT2D eigenvalue weighted by atomic mass is 9.95. The summed E-state index contributed by atoms with van der Waals surface area (Å²) in [5, 5.41) is 3.33. The number of hydrogen-bond donors (Lipinski definition) is 1. The molecule has 3 heterocycles. The first-order valence-electron chi connectivity index (χ1n) is 10.7. The maximum atomic E-state index is 13.1. The third-order valence-electron chi connectivity index (χ3n) is 5.80. The van der Waals surface area contributed by atoms with Gasteiger partial charge in [-0.3, -0.25) is 4.79 Å². The van der Waals surface area contributed by atoms with E-state index in [9.17, 15) is 9.59 Å². The molecule has 1 unspecified atom stereocenters. The maximum Gasteiger partial charge on any atom is 0.349 e. The molecule has 3 aromatic rings. The quantitative estimate of drug-likeness (QED) is 0.663. The summed E-state index contributed by atoms with van der Waals surface area (Å²) in [4.78, 5) is 31.7. The van der Waals surface area contributed by atoms with Gasteiger partial charge in [0.15, 0.2) is 0 Å². The molecule has 1 amide bonds. The summed E-state index contributed by atoms with van der Waals surface area (Å²) in [6.07, 6.45) is 5.65. The number of aromatic nitrogens is 2. The molecule has 0 radical (unpaired) electrons. The number of nitrogens with zero attached hydrogens (tertiary/aromatic N) is 3. The van der Waals surface area contributed by atoms with Crippen molar-refractivity contribution in [3.8, 4) is 0 Å². The molecular weight excluding hydrogens is 392 g/mol. The van der Waals surface area contributed by atoms with Gasteiger partial charge in [-0.2, -0.15) is 0 Å². The second kappa shape index (κ2) is 9.31. The lowest BCUT2D eigenvalue weighted by molar-refractivity contribution is 0.0774. The predicted molar refractivity (Wildman–Crippen MR) is 118 cm³/mol. The van der Waals surface area contributed by atoms with Crippen LogP contribution in [0.2, 0.25) is 0 Å². The third kappa shape index (κ3) is 4.77. The normalized spacial score (nSPS) is 16.3. The van der Waals surface area contributed by atoms with Gasteiger partial charge in [-0.05, 0) is 43.5 Å². The number of hydrogen-bond acceptors (Lipinski definition) is 5. The molecule has 0 aliphatic carbocycles. The topological polar surface area (TPSA) is 80.4 Å². The van der Waals surface area contributed by atoms with E-state index < -0.39 is 5.63 Å². The number of rotatable bonds is 6. The minimum atomic E-state index is -0.565. The fourth-order valence-corrected chi connectivity index (χ4v) is 4.08. The van der Waals surface area contributed by atoms with E-state index in [0.29, 0.717) is 24.4 Å². The van der Waals surface area contributed by atoms with Gasteiger partial charge < -0.3 is 19.2 Å². The SMILES string of the molecule is Cc1cc(C2CCCNC2)oc(=O)c1C(=O)N(C)Cc1nccn1Cc1ccccc1. The number of aryl methyl sites for hydroxylation is 1. The van der Waals surface area contributed by atoms with E-state index in [2.05, 4.69) is 22.4 Å². The van der Waals surface area contributed by atoms with E-state index in [-0.39, 0.29) is 17.4 Å². The second-order valence-electron chi connectivity index (χ2n) is 8.16. The largest absolute Gasteiger partial charge is 0.427 e. The van der Waals surface area contributed by atoms with Gasteiger partial charge in [0, 0.05) is 38.4 Å². The number of carbonyl (C=O) groups excluding carboxylic acids is 1. The molecular formula is C24H28N4O3. The zero-order valence-electron chi connectivity index (χ0n) is 18.0. The number of benzene rings is 1. The zero-order valence-corrected chi connectivity index (χ0v) is 18.0. The minimum Gasteiger partial charge on any atom is -0.427 e. The van der Waals surface area contributed by atoms with Crippen molar-refractivity contribution in [2.75, 3.05) is 20.1 Å². The molecule has 1 aliphatic heterocycles. The lowest BCUT2D eigenvalue weighted by Gasteiger charge is -2.22. The molecule has 0 saturated carbocycles. The Morgan fingerprint density at radius 2 is 2.13 bits per heavy atom. The van der Waals surface area contributed by atoms with E-state index in [4.69, 9.17) is 4.42 Å². The van der Waals surface area contributed by atoms with Crippen LogP contribution < -0.4 is 10.9 Å². The van der Waals surface area contributed by atoms with Gasteiger partial charge in [0.25, 0.3) is 5.91 Å². The molecule has 1 aliphatic rings.